The highest BCUT2D eigenvalue weighted by Gasteiger charge is 2.31. The molecular formula is C13H18ClF4N. The largest absolute Gasteiger partial charge is 0.416 e. The number of unbranched alkanes of at least 4 members (excludes halogenated alkanes) is 2. The lowest BCUT2D eigenvalue weighted by Crippen LogP contribution is -2.14. The van der Waals surface area contributed by atoms with Gasteiger partial charge in [-0.25, -0.2) is 4.39 Å². The Kier molecular flexibility index (Phi) is 7.37. The number of benzene rings is 1. The Balaban J connectivity index is 0.00000324. The van der Waals surface area contributed by atoms with Gasteiger partial charge in [0, 0.05) is 11.6 Å². The van der Waals surface area contributed by atoms with Crippen LogP contribution in [0.15, 0.2) is 18.2 Å². The van der Waals surface area contributed by atoms with Crippen LogP contribution in [-0.2, 0) is 6.18 Å². The molecule has 0 bridgehead atoms. The molecule has 1 rings (SSSR count). The second kappa shape index (κ2) is 7.70. The Morgan fingerprint density at radius 3 is 2.37 bits per heavy atom. The van der Waals surface area contributed by atoms with E-state index in [2.05, 4.69) is 0 Å². The van der Waals surface area contributed by atoms with E-state index in [-0.39, 0.29) is 18.0 Å². The molecule has 0 amide bonds. The molecular weight excluding hydrogens is 282 g/mol. The first-order valence-corrected chi connectivity index (χ1v) is 5.98. The lowest BCUT2D eigenvalue weighted by Gasteiger charge is -2.15. The zero-order chi connectivity index (χ0) is 13.8. The highest BCUT2D eigenvalue weighted by molar-refractivity contribution is 5.85. The second-order valence-corrected chi connectivity index (χ2v) is 4.34. The van der Waals surface area contributed by atoms with Crippen molar-refractivity contribution in [2.24, 2.45) is 5.73 Å². The van der Waals surface area contributed by atoms with Gasteiger partial charge in [-0.1, -0.05) is 26.2 Å². The highest BCUT2D eigenvalue weighted by atomic mass is 35.5. The van der Waals surface area contributed by atoms with E-state index < -0.39 is 23.6 Å². The van der Waals surface area contributed by atoms with Crippen molar-refractivity contribution in [2.75, 3.05) is 0 Å². The van der Waals surface area contributed by atoms with Crippen LogP contribution < -0.4 is 5.73 Å². The molecule has 0 aliphatic rings. The van der Waals surface area contributed by atoms with Crippen LogP contribution in [0, 0.1) is 5.82 Å². The summed E-state index contributed by atoms with van der Waals surface area (Å²) in [5, 5.41) is 0. The molecule has 1 nitrogen and oxygen atoms in total. The van der Waals surface area contributed by atoms with Crippen molar-refractivity contribution in [3.8, 4) is 0 Å². The number of alkyl halides is 3. The minimum absolute atomic E-state index is 0. The summed E-state index contributed by atoms with van der Waals surface area (Å²) in [7, 11) is 0. The zero-order valence-corrected chi connectivity index (χ0v) is 11.5. The Labute approximate surface area is 116 Å². The van der Waals surface area contributed by atoms with Crippen molar-refractivity contribution in [1.82, 2.24) is 0 Å². The van der Waals surface area contributed by atoms with Gasteiger partial charge in [-0.2, -0.15) is 13.2 Å². The van der Waals surface area contributed by atoms with Gasteiger partial charge in [-0.15, -0.1) is 12.4 Å². The molecule has 1 aromatic carbocycles. The Hall–Kier alpha value is -0.810. The lowest BCUT2D eigenvalue weighted by molar-refractivity contribution is -0.137. The van der Waals surface area contributed by atoms with Gasteiger partial charge >= 0.3 is 6.18 Å². The van der Waals surface area contributed by atoms with Crippen LogP contribution >= 0.6 is 12.4 Å². The van der Waals surface area contributed by atoms with E-state index in [1.165, 1.54) is 0 Å². The van der Waals surface area contributed by atoms with Crippen LogP contribution in [0.2, 0.25) is 0 Å². The number of nitrogens with two attached hydrogens (primary N) is 1. The van der Waals surface area contributed by atoms with Gasteiger partial charge in [-0.3, -0.25) is 0 Å². The lowest BCUT2D eigenvalue weighted by atomic mass is 9.98. The fourth-order valence-corrected chi connectivity index (χ4v) is 1.77. The number of hydrogen-bond donors (Lipinski definition) is 1. The predicted octanol–water partition coefficient (Wildman–Crippen LogP) is 4.85. The van der Waals surface area contributed by atoms with Crippen LogP contribution in [-0.4, -0.2) is 0 Å². The third-order valence-corrected chi connectivity index (χ3v) is 2.84. The number of rotatable bonds is 5. The number of hydrogen-bond acceptors (Lipinski definition) is 1. The average molecular weight is 300 g/mol. The molecule has 0 spiro atoms. The molecule has 0 aromatic heterocycles. The molecule has 110 valence electrons. The van der Waals surface area contributed by atoms with Crippen molar-refractivity contribution < 1.29 is 17.6 Å². The molecule has 0 radical (unpaired) electrons. The Morgan fingerprint density at radius 1 is 1.21 bits per heavy atom. The van der Waals surface area contributed by atoms with Gasteiger partial charge in [-0.05, 0) is 24.6 Å². The van der Waals surface area contributed by atoms with Crippen molar-refractivity contribution >= 4 is 12.4 Å². The molecule has 0 fully saturated rings. The smallest absolute Gasteiger partial charge is 0.324 e. The van der Waals surface area contributed by atoms with E-state index in [0.717, 1.165) is 37.5 Å². The third kappa shape index (κ3) is 5.37. The van der Waals surface area contributed by atoms with Gasteiger partial charge in [0.25, 0.3) is 0 Å². The maximum Gasteiger partial charge on any atom is 0.416 e. The van der Waals surface area contributed by atoms with Crippen molar-refractivity contribution in [3.05, 3.63) is 35.1 Å². The van der Waals surface area contributed by atoms with Crippen molar-refractivity contribution in [3.63, 3.8) is 0 Å². The maximum atomic E-state index is 13.5. The molecule has 19 heavy (non-hydrogen) atoms. The maximum absolute atomic E-state index is 13.5. The summed E-state index contributed by atoms with van der Waals surface area (Å²) in [5.74, 6) is -0.674. The van der Waals surface area contributed by atoms with E-state index >= 15 is 0 Å². The molecule has 2 N–H and O–H groups in total. The average Bonchev–Trinajstić information content (AvgIpc) is 2.28. The first-order valence-electron chi connectivity index (χ1n) is 5.98. The fraction of sp³-hybridized carbons (Fsp3) is 0.538. The molecule has 0 unspecified atom stereocenters. The minimum atomic E-state index is -4.47. The standard InChI is InChI=1S/C13H17F4N.ClH/c1-2-3-4-5-12(18)10-8-9(13(15,16)17)6-7-11(10)14;/h6-8,12H,2-5,18H2,1H3;1H/t12-;/m1./s1. The monoisotopic (exact) mass is 299 g/mol. The van der Waals surface area contributed by atoms with Gasteiger partial charge in [0.2, 0.25) is 0 Å². The molecule has 0 aliphatic heterocycles. The van der Waals surface area contributed by atoms with Crippen LogP contribution in [0.25, 0.3) is 0 Å². The van der Waals surface area contributed by atoms with Crippen molar-refractivity contribution in [1.29, 1.82) is 0 Å². The van der Waals surface area contributed by atoms with Crippen LogP contribution in [0.3, 0.4) is 0 Å². The van der Waals surface area contributed by atoms with E-state index in [1.54, 1.807) is 0 Å². The van der Waals surface area contributed by atoms with E-state index in [1.807, 2.05) is 6.92 Å². The Morgan fingerprint density at radius 2 is 1.84 bits per heavy atom. The van der Waals surface area contributed by atoms with Crippen molar-refractivity contribution in [2.45, 2.75) is 44.8 Å². The Bertz CT molecular complexity index is 393. The van der Waals surface area contributed by atoms with Gasteiger partial charge in [0.1, 0.15) is 5.82 Å². The molecule has 0 aliphatic carbocycles. The first-order chi connectivity index (χ1) is 8.36. The van der Waals surface area contributed by atoms with E-state index in [4.69, 9.17) is 5.73 Å². The third-order valence-electron chi connectivity index (χ3n) is 2.84. The van der Waals surface area contributed by atoms with Crippen LogP contribution in [0.5, 0.6) is 0 Å². The molecule has 1 atom stereocenters. The van der Waals surface area contributed by atoms with Gasteiger partial charge in [0.05, 0.1) is 5.56 Å². The van der Waals surface area contributed by atoms with E-state index in [0.29, 0.717) is 6.42 Å². The fourth-order valence-electron chi connectivity index (χ4n) is 1.77. The predicted molar refractivity (Wildman–Crippen MR) is 69.7 cm³/mol. The molecule has 6 heteroatoms. The van der Waals surface area contributed by atoms with E-state index in [9.17, 15) is 17.6 Å². The summed E-state index contributed by atoms with van der Waals surface area (Å²) in [6.45, 7) is 2.01. The summed E-state index contributed by atoms with van der Waals surface area (Å²) in [6.07, 6.45) is -1.27. The normalized spacial score (nSPS) is 12.9. The topological polar surface area (TPSA) is 26.0 Å². The molecule has 1 aromatic rings. The summed E-state index contributed by atoms with van der Waals surface area (Å²) >= 11 is 0. The van der Waals surface area contributed by atoms with Crippen LogP contribution in [0.4, 0.5) is 17.6 Å². The first kappa shape index (κ1) is 18.2. The minimum Gasteiger partial charge on any atom is -0.324 e. The van der Waals surface area contributed by atoms with Crippen LogP contribution in [0.1, 0.15) is 49.8 Å². The number of halogens is 5. The highest BCUT2D eigenvalue weighted by Crippen LogP contribution is 2.32. The summed E-state index contributed by atoms with van der Waals surface area (Å²) in [6, 6.07) is 1.69. The summed E-state index contributed by atoms with van der Waals surface area (Å²) < 4.78 is 51.0. The quantitative estimate of drug-likeness (QED) is 0.610. The zero-order valence-electron chi connectivity index (χ0n) is 10.6. The SMILES string of the molecule is CCCCC[C@@H](N)c1cc(C(F)(F)F)ccc1F.Cl. The molecule has 0 saturated heterocycles. The molecule has 0 saturated carbocycles. The van der Waals surface area contributed by atoms with Gasteiger partial charge < -0.3 is 5.73 Å². The molecule has 0 heterocycles. The summed E-state index contributed by atoms with van der Waals surface area (Å²) in [4.78, 5) is 0. The summed E-state index contributed by atoms with van der Waals surface area (Å²) in [5.41, 5.74) is 4.83. The second-order valence-electron chi connectivity index (χ2n) is 4.34. The van der Waals surface area contributed by atoms with Gasteiger partial charge in [0.15, 0.2) is 0 Å².